The zero-order valence-electron chi connectivity index (χ0n) is 15.3. The van der Waals surface area contributed by atoms with Crippen LogP contribution in [0.2, 0.25) is 0 Å². The molecule has 1 saturated heterocycles. The Morgan fingerprint density at radius 1 is 1.04 bits per heavy atom. The van der Waals surface area contributed by atoms with Crippen LogP contribution in [0.3, 0.4) is 0 Å². The highest BCUT2D eigenvalue weighted by Crippen LogP contribution is 2.22. The first-order chi connectivity index (χ1) is 13.5. The van der Waals surface area contributed by atoms with Crippen molar-refractivity contribution in [3.63, 3.8) is 0 Å². The van der Waals surface area contributed by atoms with Gasteiger partial charge < -0.3 is 5.32 Å². The van der Waals surface area contributed by atoms with Gasteiger partial charge in [-0.2, -0.15) is 9.57 Å². The molecule has 2 aromatic carbocycles. The van der Waals surface area contributed by atoms with Crippen molar-refractivity contribution in [1.29, 1.82) is 5.26 Å². The van der Waals surface area contributed by atoms with E-state index in [1.807, 2.05) is 0 Å². The van der Waals surface area contributed by atoms with Gasteiger partial charge in [-0.25, -0.2) is 8.42 Å². The Kier molecular flexibility index (Phi) is 6.24. The highest BCUT2D eigenvalue weighted by Gasteiger charge is 2.25. The summed E-state index contributed by atoms with van der Waals surface area (Å²) in [6.07, 6.45) is 5.74. The van der Waals surface area contributed by atoms with Crippen LogP contribution in [0.4, 0.5) is 5.69 Å². The third kappa shape index (κ3) is 4.66. The van der Waals surface area contributed by atoms with Gasteiger partial charge >= 0.3 is 0 Å². The number of piperidine rings is 1. The van der Waals surface area contributed by atoms with Crippen molar-refractivity contribution in [3.05, 3.63) is 65.7 Å². The standard InChI is InChI=1S/C21H21N3O3S/c22-16-18-7-3-2-6-17(18)8-13-21(25)23-19-9-11-20(12-10-19)28(26,27)24-14-4-1-5-15-24/h2-3,6-13H,1,4-5,14-15H2,(H,23,25). The number of hydrogen-bond donors (Lipinski definition) is 1. The summed E-state index contributed by atoms with van der Waals surface area (Å²) in [5.74, 6) is -0.362. The molecule has 1 fully saturated rings. The molecule has 0 unspecified atom stereocenters. The van der Waals surface area contributed by atoms with E-state index in [4.69, 9.17) is 5.26 Å². The molecule has 0 bridgehead atoms. The first-order valence-corrected chi connectivity index (χ1v) is 10.5. The Labute approximate surface area is 165 Å². The molecule has 6 nitrogen and oxygen atoms in total. The number of hydrogen-bond acceptors (Lipinski definition) is 4. The maximum Gasteiger partial charge on any atom is 0.248 e. The Morgan fingerprint density at radius 2 is 1.71 bits per heavy atom. The van der Waals surface area contributed by atoms with E-state index in [9.17, 15) is 13.2 Å². The molecule has 0 spiro atoms. The molecule has 0 aliphatic carbocycles. The molecule has 28 heavy (non-hydrogen) atoms. The molecule has 1 N–H and O–H groups in total. The average molecular weight is 395 g/mol. The number of nitriles is 1. The lowest BCUT2D eigenvalue weighted by molar-refractivity contribution is -0.111. The second-order valence-corrected chi connectivity index (χ2v) is 8.45. The quantitative estimate of drug-likeness (QED) is 0.786. The molecule has 1 aliphatic heterocycles. The molecule has 7 heteroatoms. The number of benzene rings is 2. The predicted octanol–water partition coefficient (Wildman–Crippen LogP) is 3.38. The molecule has 0 atom stereocenters. The fraction of sp³-hybridized carbons (Fsp3) is 0.238. The van der Waals surface area contributed by atoms with Crippen molar-refractivity contribution in [2.24, 2.45) is 0 Å². The van der Waals surface area contributed by atoms with Gasteiger partial charge in [0.15, 0.2) is 0 Å². The first kappa shape index (κ1) is 19.8. The molecular weight excluding hydrogens is 374 g/mol. The van der Waals surface area contributed by atoms with Crippen LogP contribution >= 0.6 is 0 Å². The molecule has 0 saturated carbocycles. The normalized spacial score (nSPS) is 15.2. The van der Waals surface area contributed by atoms with Crippen LogP contribution < -0.4 is 5.32 Å². The van der Waals surface area contributed by atoms with Crippen molar-refractivity contribution in [2.45, 2.75) is 24.2 Å². The van der Waals surface area contributed by atoms with E-state index in [1.54, 1.807) is 42.5 Å². The van der Waals surface area contributed by atoms with Crippen LogP contribution in [0.1, 0.15) is 30.4 Å². The number of carbonyl (C=O) groups excluding carboxylic acids is 1. The third-order valence-corrected chi connectivity index (χ3v) is 6.48. The summed E-state index contributed by atoms with van der Waals surface area (Å²) in [5.41, 5.74) is 1.64. The Bertz CT molecular complexity index is 1020. The van der Waals surface area contributed by atoms with E-state index >= 15 is 0 Å². The number of carbonyl (C=O) groups is 1. The summed E-state index contributed by atoms with van der Waals surface area (Å²) < 4.78 is 26.8. The van der Waals surface area contributed by atoms with Gasteiger partial charge in [-0.1, -0.05) is 24.6 Å². The van der Waals surface area contributed by atoms with E-state index in [-0.39, 0.29) is 10.8 Å². The second kappa shape index (κ2) is 8.83. The molecule has 1 amide bonds. The van der Waals surface area contributed by atoms with Crippen LogP contribution in [0, 0.1) is 11.3 Å². The number of anilines is 1. The number of sulfonamides is 1. The van der Waals surface area contributed by atoms with Crippen LogP contribution in [0.5, 0.6) is 0 Å². The monoisotopic (exact) mass is 395 g/mol. The molecule has 0 radical (unpaired) electrons. The molecule has 3 rings (SSSR count). The summed E-state index contributed by atoms with van der Waals surface area (Å²) in [4.78, 5) is 12.3. The average Bonchev–Trinajstić information content (AvgIpc) is 2.73. The fourth-order valence-corrected chi connectivity index (χ4v) is 4.58. The van der Waals surface area contributed by atoms with Gasteiger partial charge in [0.2, 0.25) is 15.9 Å². The van der Waals surface area contributed by atoms with Crippen LogP contribution in [-0.2, 0) is 14.8 Å². The summed E-state index contributed by atoms with van der Waals surface area (Å²) >= 11 is 0. The lowest BCUT2D eigenvalue weighted by Crippen LogP contribution is -2.35. The molecule has 1 heterocycles. The minimum Gasteiger partial charge on any atom is -0.323 e. The summed E-state index contributed by atoms with van der Waals surface area (Å²) in [5, 5.41) is 11.8. The van der Waals surface area contributed by atoms with Gasteiger partial charge in [0, 0.05) is 24.9 Å². The van der Waals surface area contributed by atoms with Gasteiger partial charge in [-0.05, 0) is 54.8 Å². The summed E-state index contributed by atoms with van der Waals surface area (Å²) in [7, 11) is -3.49. The molecular formula is C21H21N3O3S. The van der Waals surface area contributed by atoms with Gasteiger partial charge in [0.1, 0.15) is 0 Å². The Morgan fingerprint density at radius 3 is 2.39 bits per heavy atom. The number of nitrogens with one attached hydrogen (secondary N) is 1. The second-order valence-electron chi connectivity index (χ2n) is 6.51. The molecule has 1 aliphatic rings. The predicted molar refractivity (Wildman–Crippen MR) is 108 cm³/mol. The Hall–Kier alpha value is -2.95. The molecule has 144 valence electrons. The number of nitrogens with zero attached hydrogens (tertiary/aromatic N) is 2. The molecule has 0 aromatic heterocycles. The first-order valence-electron chi connectivity index (χ1n) is 9.09. The van der Waals surface area contributed by atoms with Crippen molar-refractivity contribution in [2.75, 3.05) is 18.4 Å². The Balaban J connectivity index is 1.66. The van der Waals surface area contributed by atoms with E-state index in [1.165, 1.54) is 22.5 Å². The van der Waals surface area contributed by atoms with Crippen LogP contribution in [0.25, 0.3) is 6.08 Å². The summed E-state index contributed by atoms with van der Waals surface area (Å²) in [6.45, 7) is 1.10. The van der Waals surface area contributed by atoms with Crippen LogP contribution in [0.15, 0.2) is 59.5 Å². The van der Waals surface area contributed by atoms with Crippen molar-refractivity contribution >= 4 is 27.7 Å². The van der Waals surface area contributed by atoms with Crippen molar-refractivity contribution < 1.29 is 13.2 Å². The van der Waals surface area contributed by atoms with Gasteiger partial charge in [-0.3, -0.25) is 4.79 Å². The third-order valence-electron chi connectivity index (χ3n) is 4.57. The highest BCUT2D eigenvalue weighted by molar-refractivity contribution is 7.89. The SMILES string of the molecule is N#Cc1ccccc1C=CC(=O)Nc1ccc(S(=O)(=O)N2CCCCC2)cc1. The molecule has 2 aromatic rings. The topological polar surface area (TPSA) is 90.3 Å². The van der Waals surface area contributed by atoms with E-state index in [0.717, 1.165) is 19.3 Å². The smallest absolute Gasteiger partial charge is 0.248 e. The zero-order valence-corrected chi connectivity index (χ0v) is 16.2. The lowest BCUT2D eigenvalue weighted by Gasteiger charge is -2.25. The lowest BCUT2D eigenvalue weighted by atomic mass is 10.1. The van der Waals surface area contributed by atoms with E-state index in [2.05, 4.69) is 11.4 Å². The van der Waals surface area contributed by atoms with Crippen LogP contribution in [-0.4, -0.2) is 31.7 Å². The maximum atomic E-state index is 12.6. The van der Waals surface area contributed by atoms with Crippen molar-refractivity contribution in [3.8, 4) is 6.07 Å². The maximum absolute atomic E-state index is 12.6. The van der Waals surface area contributed by atoms with E-state index in [0.29, 0.717) is 29.9 Å². The van der Waals surface area contributed by atoms with Gasteiger partial charge in [0.25, 0.3) is 0 Å². The fourth-order valence-electron chi connectivity index (χ4n) is 3.06. The minimum atomic E-state index is -3.49. The van der Waals surface area contributed by atoms with Crippen molar-refractivity contribution in [1.82, 2.24) is 4.31 Å². The van der Waals surface area contributed by atoms with Gasteiger partial charge in [0.05, 0.1) is 16.5 Å². The zero-order chi connectivity index (χ0) is 20.0. The summed E-state index contributed by atoms with van der Waals surface area (Å²) in [6, 6.07) is 15.2. The number of rotatable bonds is 5. The minimum absolute atomic E-state index is 0.228. The highest BCUT2D eigenvalue weighted by atomic mass is 32.2. The number of amides is 1. The van der Waals surface area contributed by atoms with Gasteiger partial charge in [-0.15, -0.1) is 0 Å². The largest absolute Gasteiger partial charge is 0.323 e. The van der Waals surface area contributed by atoms with E-state index < -0.39 is 10.0 Å².